The van der Waals surface area contributed by atoms with Crippen molar-refractivity contribution in [3.05, 3.63) is 33.7 Å². The monoisotopic (exact) mass is 384 g/mol. The van der Waals surface area contributed by atoms with Crippen molar-refractivity contribution < 1.29 is 13.9 Å². The Hall–Kier alpha value is -1.40. The molecule has 0 fully saturated rings. The van der Waals surface area contributed by atoms with Crippen LogP contribution < -0.4 is 5.73 Å². The van der Waals surface area contributed by atoms with Crippen molar-refractivity contribution in [3.63, 3.8) is 0 Å². The Morgan fingerprint density at radius 1 is 1.39 bits per heavy atom. The van der Waals surface area contributed by atoms with Gasteiger partial charge in [0.25, 0.3) is 0 Å². The van der Waals surface area contributed by atoms with E-state index in [2.05, 4.69) is 15.9 Å². The number of aromatic nitrogens is 1. The lowest BCUT2D eigenvalue weighted by molar-refractivity contribution is -0.154. The molecule has 0 amide bonds. The first kappa shape index (κ1) is 17.9. The van der Waals surface area contributed by atoms with Crippen LogP contribution in [0.3, 0.4) is 0 Å². The van der Waals surface area contributed by atoms with E-state index < -0.39 is 5.60 Å². The summed E-state index contributed by atoms with van der Waals surface area (Å²) in [6.45, 7) is 5.82. The molecule has 0 radical (unpaired) electrons. The number of nitrogens with zero attached hydrogens (tertiary/aromatic N) is 1. The average Bonchev–Trinajstić information content (AvgIpc) is 2.67. The first-order valence-electron chi connectivity index (χ1n) is 7.51. The molecule has 4 nitrogen and oxygen atoms in total. The number of rotatable bonds is 4. The quantitative estimate of drug-likeness (QED) is 0.815. The maximum atomic E-state index is 13.8. The summed E-state index contributed by atoms with van der Waals surface area (Å²) in [5, 5.41) is 0.787. The first-order valence-corrected chi connectivity index (χ1v) is 8.30. The maximum absolute atomic E-state index is 13.8. The SMILES string of the molecule is Cn1c(CCC(=O)OC(C)(C)C)c(CN)c2cc(F)c(Br)cc21. The summed E-state index contributed by atoms with van der Waals surface area (Å²) < 4.78 is 21.5. The van der Waals surface area contributed by atoms with Crippen molar-refractivity contribution in [2.24, 2.45) is 12.8 Å². The molecule has 1 aromatic heterocycles. The Morgan fingerprint density at radius 3 is 2.61 bits per heavy atom. The number of esters is 1. The van der Waals surface area contributed by atoms with Gasteiger partial charge < -0.3 is 15.0 Å². The summed E-state index contributed by atoms with van der Waals surface area (Å²) in [6.07, 6.45) is 0.768. The highest BCUT2D eigenvalue weighted by atomic mass is 79.9. The van der Waals surface area contributed by atoms with Crippen LogP contribution in [0.5, 0.6) is 0 Å². The van der Waals surface area contributed by atoms with Crippen LogP contribution in [0.4, 0.5) is 4.39 Å². The zero-order valence-electron chi connectivity index (χ0n) is 13.9. The fourth-order valence-electron chi connectivity index (χ4n) is 2.72. The van der Waals surface area contributed by atoms with Gasteiger partial charge in [-0.3, -0.25) is 4.79 Å². The van der Waals surface area contributed by atoms with Crippen LogP contribution in [0.15, 0.2) is 16.6 Å². The predicted octanol–water partition coefficient (Wildman–Crippen LogP) is 3.81. The second kappa shape index (κ2) is 6.61. The Balaban J connectivity index is 2.33. The van der Waals surface area contributed by atoms with Crippen molar-refractivity contribution in [2.45, 2.75) is 45.8 Å². The lowest BCUT2D eigenvalue weighted by Crippen LogP contribution is -2.24. The van der Waals surface area contributed by atoms with E-state index in [1.165, 1.54) is 6.07 Å². The number of ether oxygens (including phenoxy) is 1. The average molecular weight is 385 g/mol. The second-order valence-corrected chi connectivity index (χ2v) is 7.41. The molecular weight excluding hydrogens is 363 g/mol. The number of hydrogen-bond acceptors (Lipinski definition) is 3. The minimum absolute atomic E-state index is 0.252. The zero-order chi connectivity index (χ0) is 17.4. The molecule has 0 aliphatic carbocycles. The third-order valence-electron chi connectivity index (χ3n) is 3.67. The highest BCUT2D eigenvalue weighted by Crippen LogP contribution is 2.30. The second-order valence-electron chi connectivity index (χ2n) is 6.56. The molecule has 0 unspecified atom stereocenters. The van der Waals surface area contributed by atoms with Crippen molar-refractivity contribution in [2.75, 3.05) is 0 Å². The van der Waals surface area contributed by atoms with Crippen molar-refractivity contribution >= 4 is 32.8 Å². The summed E-state index contributed by atoms with van der Waals surface area (Å²) >= 11 is 3.21. The lowest BCUT2D eigenvalue weighted by Gasteiger charge is -2.19. The number of carbonyl (C=O) groups excluding carboxylic acids is 1. The normalized spacial score (nSPS) is 12.0. The van der Waals surface area contributed by atoms with Crippen LogP contribution in [-0.4, -0.2) is 16.1 Å². The molecule has 2 N–H and O–H groups in total. The summed E-state index contributed by atoms with van der Waals surface area (Å²) in [5.74, 6) is -0.574. The molecule has 2 aromatic rings. The van der Waals surface area contributed by atoms with Gasteiger partial charge >= 0.3 is 5.97 Å². The zero-order valence-corrected chi connectivity index (χ0v) is 15.5. The molecule has 0 bridgehead atoms. The highest BCUT2D eigenvalue weighted by Gasteiger charge is 2.20. The fourth-order valence-corrected chi connectivity index (χ4v) is 3.05. The highest BCUT2D eigenvalue weighted by molar-refractivity contribution is 9.10. The van der Waals surface area contributed by atoms with Gasteiger partial charge in [0.1, 0.15) is 11.4 Å². The van der Waals surface area contributed by atoms with E-state index in [-0.39, 0.29) is 18.2 Å². The maximum Gasteiger partial charge on any atom is 0.306 e. The van der Waals surface area contributed by atoms with Crippen LogP contribution in [0.2, 0.25) is 0 Å². The Bertz CT molecular complexity index is 747. The van der Waals surface area contributed by atoms with Gasteiger partial charge in [-0.1, -0.05) is 0 Å². The van der Waals surface area contributed by atoms with E-state index in [1.807, 2.05) is 32.4 Å². The summed E-state index contributed by atoms with van der Waals surface area (Å²) in [5.41, 5.74) is 8.06. The summed E-state index contributed by atoms with van der Waals surface area (Å²) in [6, 6.07) is 3.22. The number of aryl methyl sites for hydroxylation is 1. The number of fused-ring (bicyclic) bond motifs is 1. The van der Waals surface area contributed by atoms with Gasteiger partial charge in [0, 0.05) is 30.2 Å². The van der Waals surface area contributed by atoms with E-state index in [1.54, 1.807) is 6.07 Å². The van der Waals surface area contributed by atoms with Crippen LogP contribution in [0.1, 0.15) is 38.4 Å². The largest absolute Gasteiger partial charge is 0.460 e. The molecule has 2 rings (SSSR count). The molecule has 1 aromatic carbocycles. The van der Waals surface area contributed by atoms with Crippen molar-refractivity contribution in [1.82, 2.24) is 4.57 Å². The van der Waals surface area contributed by atoms with Gasteiger partial charge in [0.15, 0.2) is 0 Å². The molecule has 0 saturated carbocycles. The van der Waals surface area contributed by atoms with Gasteiger partial charge in [-0.15, -0.1) is 0 Å². The number of benzene rings is 1. The van der Waals surface area contributed by atoms with Gasteiger partial charge in [-0.25, -0.2) is 4.39 Å². The molecule has 23 heavy (non-hydrogen) atoms. The molecule has 0 saturated heterocycles. The minimum atomic E-state index is -0.499. The molecule has 126 valence electrons. The van der Waals surface area contributed by atoms with E-state index in [4.69, 9.17) is 10.5 Å². The van der Waals surface area contributed by atoms with Crippen LogP contribution in [-0.2, 0) is 29.5 Å². The number of carbonyl (C=O) groups is 1. The summed E-state index contributed by atoms with van der Waals surface area (Å²) in [4.78, 5) is 11.9. The van der Waals surface area contributed by atoms with Crippen LogP contribution in [0.25, 0.3) is 10.9 Å². The summed E-state index contributed by atoms with van der Waals surface area (Å²) in [7, 11) is 1.90. The Labute approximate surface area is 143 Å². The van der Waals surface area contributed by atoms with Gasteiger partial charge in [0.2, 0.25) is 0 Å². The number of hydrogen-bond donors (Lipinski definition) is 1. The molecule has 0 aliphatic heterocycles. The van der Waals surface area contributed by atoms with Crippen LogP contribution in [0, 0.1) is 5.82 Å². The smallest absolute Gasteiger partial charge is 0.306 e. The lowest BCUT2D eigenvalue weighted by atomic mass is 10.1. The van der Waals surface area contributed by atoms with E-state index >= 15 is 0 Å². The minimum Gasteiger partial charge on any atom is -0.460 e. The van der Waals surface area contributed by atoms with Gasteiger partial charge in [-0.2, -0.15) is 0 Å². The fraction of sp³-hybridized carbons (Fsp3) is 0.471. The van der Waals surface area contributed by atoms with E-state index in [0.717, 1.165) is 22.2 Å². The van der Waals surface area contributed by atoms with E-state index in [9.17, 15) is 9.18 Å². The van der Waals surface area contributed by atoms with Gasteiger partial charge in [0.05, 0.1) is 10.9 Å². The molecule has 6 heteroatoms. The van der Waals surface area contributed by atoms with E-state index in [0.29, 0.717) is 17.4 Å². The van der Waals surface area contributed by atoms with Crippen molar-refractivity contribution in [1.29, 1.82) is 0 Å². The first-order chi connectivity index (χ1) is 10.6. The molecular formula is C17H22BrFN2O2. The molecule has 0 aliphatic rings. The van der Waals surface area contributed by atoms with Crippen LogP contribution >= 0.6 is 15.9 Å². The van der Waals surface area contributed by atoms with Crippen molar-refractivity contribution in [3.8, 4) is 0 Å². The number of nitrogens with two attached hydrogens (primary N) is 1. The number of halogens is 2. The third kappa shape index (κ3) is 3.93. The third-order valence-corrected chi connectivity index (χ3v) is 4.28. The predicted molar refractivity (Wildman–Crippen MR) is 92.6 cm³/mol. The van der Waals surface area contributed by atoms with Gasteiger partial charge in [-0.05, 0) is 60.8 Å². The molecule has 0 atom stereocenters. The molecule has 0 spiro atoms. The standard InChI is InChI=1S/C17H22BrFN2O2/c1-17(2,3)23-16(22)6-5-14-11(9-20)10-7-13(19)12(18)8-15(10)21(14)4/h7-8H,5-6,9,20H2,1-4H3. The topological polar surface area (TPSA) is 57.2 Å². The Kier molecular flexibility index (Phi) is 5.16. The Morgan fingerprint density at radius 2 is 2.04 bits per heavy atom. The molecule has 1 heterocycles.